The zero-order chi connectivity index (χ0) is 25.1. The highest BCUT2D eigenvalue weighted by atomic mass is 35.5. The molecule has 7 heteroatoms. The molecule has 0 unspecified atom stereocenters. The highest BCUT2D eigenvalue weighted by molar-refractivity contribution is 8.04. The molecule has 1 saturated heterocycles. The van der Waals surface area contributed by atoms with E-state index in [1.807, 2.05) is 42.5 Å². The molecule has 5 rings (SSSR count). The van der Waals surface area contributed by atoms with Crippen LogP contribution in [0.25, 0.3) is 0 Å². The van der Waals surface area contributed by atoms with E-state index in [4.69, 9.17) is 11.6 Å². The summed E-state index contributed by atoms with van der Waals surface area (Å²) in [5.41, 5.74) is 3.60. The minimum atomic E-state index is -0.265. The lowest BCUT2D eigenvalue weighted by molar-refractivity contribution is -0.917. The van der Waals surface area contributed by atoms with Gasteiger partial charge in [-0.05, 0) is 48.4 Å². The van der Waals surface area contributed by atoms with Crippen molar-refractivity contribution in [1.29, 1.82) is 0 Å². The Labute approximate surface area is 221 Å². The molecule has 0 aliphatic carbocycles. The molecule has 2 heterocycles. The molecule has 0 spiro atoms. The fourth-order valence-corrected chi connectivity index (χ4v) is 5.84. The number of quaternary nitrogens is 1. The Hall–Kier alpha value is -3.06. The van der Waals surface area contributed by atoms with Gasteiger partial charge in [0.25, 0.3) is 11.8 Å². The van der Waals surface area contributed by atoms with Gasteiger partial charge in [-0.3, -0.25) is 9.59 Å². The van der Waals surface area contributed by atoms with Gasteiger partial charge in [-0.1, -0.05) is 72.8 Å². The van der Waals surface area contributed by atoms with Crippen LogP contribution in [0.2, 0.25) is 5.02 Å². The number of piperazine rings is 1. The number of hydrogen-bond donors (Lipinski definition) is 1. The summed E-state index contributed by atoms with van der Waals surface area (Å²) in [5.74, 6) is -0.509. The van der Waals surface area contributed by atoms with E-state index >= 15 is 0 Å². The Balaban J connectivity index is 1.40. The molecular formula is C29H29ClN3O2S+. The maximum absolute atomic E-state index is 13.8. The fraction of sp³-hybridized carbons (Fsp3) is 0.241. The van der Waals surface area contributed by atoms with Crippen molar-refractivity contribution in [1.82, 2.24) is 4.90 Å². The number of halogens is 1. The van der Waals surface area contributed by atoms with E-state index in [0.29, 0.717) is 21.3 Å². The standard InChI is InChI=1S/C29H28ClN3O2S/c1-2-21-8-12-24(13-9-21)33-28(34)26(27(29(33)35)36-25-14-10-23(30)11-15-25)32-18-16-31(17-19-32)20-22-6-4-3-5-7-22/h3-15H,2,16-20H2,1H3/p+1. The highest BCUT2D eigenvalue weighted by Crippen LogP contribution is 2.39. The predicted octanol–water partition coefficient (Wildman–Crippen LogP) is 4.18. The summed E-state index contributed by atoms with van der Waals surface area (Å²) in [7, 11) is 0. The Kier molecular flexibility index (Phi) is 7.46. The minimum Gasteiger partial charge on any atom is -0.355 e. The molecule has 0 atom stereocenters. The van der Waals surface area contributed by atoms with Gasteiger partial charge in [0.15, 0.2) is 0 Å². The van der Waals surface area contributed by atoms with Crippen molar-refractivity contribution in [2.24, 2.45) is 0 Å². The molecule has 2 aliphatic rings. The number of benzene rings is 3. The van der Waals surface area contributed by atoms with Crippen LogP contribution in [0.5, 0.6) is 0 Å². The van der Waals surface area contributed by atoms with Crippen LogP contribution in [0.4, 0.5) is 5.69 Å². The van der Waals surface area contributed by atoms with Crippen molar-refractivity contribution in [3.8, 4) is 0 Å². The Morgan fingerprint density at radius 2 is 1.50 bits per heavy atom. The molecule has 5 nitrogen and oxygen atoms in total. The maximum Gasteiger partial charge on any atom is 0.283 e. The largest absolute Gasteiger partial charge is 0.355 e. The number of nitrogens with zero attached hydrogens (tertiary/aromatic N) is 2. The first-order chi connectivity index (χ1) is 17.5. The molecule has 3 aromatic rings. The van der Waals surface area contributed by atoms with Gasteiger partial charge >= 0.3 is 0 Å². The van der Waals surface area contributed by atoms with E-state index in [-0.39, 0.29) is 11.8 Å². The van der Waals surface area contributed by atoms with Gasteiger partial charge in [0, 0.05) is 15.5 Å². The number of nitrogens with one attached hydrogen (secondary N) is 1. The summed E-state index contributed by atoms with van der Waals surface area (Å²) in [5, 5.41) is 0.637. The third kappa shape index (κ3) is 5.21. The van der Waals surface area contributed by atoms with Gasteiger partial charge in [0.05, 0.1) is 31.9 Å². The van der Waals surface area contributed by atoms with Crippen molar-refractivity contribution >= 4 is 40.9 Å². The quantitative estimate of drug-likeness (QED) is 0.477. The van der Waals surface area contributed by atoms with Gasteiger partial charge in [-0.25, -0.2) is 4.90 Å². The molecule has 2 aliphatic heterocycles. The first-order valence-corrected chi connectivity index (χ1v) is 13.5. The zero-order valence-corrected chi connectivity index (χ0v) is 21.8. The summed E-state index contributed by atoms with van der Waals surface area (Å²) < 4.78 is 0. The van der Waals surface area contributed by atoms with Gasteiger partial charge < -0.3 is 9.80 Å². The number of anilines is 1. The molecule has 1 fully saturated rings. The molecule has 1 N–H and O–H groups in total. The summed E-state index contributed by atoms with van der Waals surface area (Å²) in [6.45, 7) is 6.31. The number of rotatable bonds is 7. The molecule has 0 saturated carbocycles. The number of hydrogen-bond acceptors (Lipinski definition) is 4. The molecule has 2 amide bonds. The van der Waals surface area contributed by atoms with E-state index in [9.17, 15) is 9.59 Å². The monoisotopic (exact) mass is 518 g/mol. The molecule has 3 aromatic carbocycles. The van der Waals surface area contributed by atoms with Crippen LogP contribution in [0.3, 0.4) is 0 Å². The smallest absolute Gasteiger partial charge is 0.283 e. The second kappa shape index (κ2) is 10.9. The van der Waals surface area contributed by atoms with Crippen LogP contribution < -0.4 is 9.80 Å². The number of carbonyl (C=O) groups is 2. The van der Waals surface area contributed by atoms with Crippen molar-refractivity contribution in [2.75, 3.05) is 31.1 Å². The Bertz CT molecular complexity index is 1270. The number of thioether (sulfide) groups is 1. The topological polar surface area (TPSA) is 45.1 Å². The van der Waals surface area contributed by atoms with Gasteiger partial charge in [0.2, 0.25) is 0 Å². The van der Waals surface area contributed by atoms with Crippen LogP contribution in [0.15, 0.2) is 94.4 Å². The SMILES string of the molecule is CCc1ccc(N2C(=O)C(Sc3ccc(Cl)cc3)=C(N3CC[NH+](Cc4ccccc4)CC3)C2=O)cc1. The Morgan fingerprint density at radius 1 is 0.833 bits per heavy atom. The lowest BCUT2D eigenvalue weighted by Gasteiger charge is -2.34. The number of amides is 2. The van der Waals surface area contributed by atoms with Gasteiger partial charge in [0.1, 0.15) is 17.1 Å². The Morgan fingerprint density at radius 3 is 2.14 bits per heavy atom. The third-order valence-electron chi connectivity index (χ3n) is 6.74. The van der Waals surface area contributed by atoms with Crippen molar-refractivity contribution < 1.29 is 14.5 Å². The van der Waals surface area contributed by atoms with Crippen molar-refractivity contribution in [3.63, 3.8) is 0 Å². The summed E-state index contributed by atoms with van der Waals surface area (Å²) in [4.78, 5) is 33.7. The van der Waals surface area contributed by atoms with Crippen LogP contribution >= 0.6 is 23.4 Å². The predicted molar refractivity (Wildman–Crippen MR) is 145 cm³/mol. The zero-order valence-electron chi connectivity index (χ0n) is 20.2. The average molecular weight is 519 g/mol. The number of carbonyl (C=O) groups excluding carboxylic acids is 2. The highest BCUT2D eigenvalue weighted by Gasteiger charge is 2.43. The van der Waals surface area contributed by atoms with E-state index < -0.39 is 0 Å². The molecule has 0 aromatic heterocycles. The number of imide groups is 1. The minimum absolute atomic E-state index is 0.243. The summed E-state index contributed by atoms with van der Waals surface area (Å²) in [6.07, 6.45) is 0.902. The molecule has 36 heavy (non-hydrogen) atoms. The number of aryl methyl sites for hydroxylation is 1. The van der Waals surface area contributed by atoms with E-state index in [2.05, 4.69) is 36.1 Å². The first kappa shape index (κ1) is 24.6. The van der Waals surface area contributed by atoms with Crippen LogP contribution in [-0.4, -0.2) is 42.9 Å². The van der Waals surface area contributed by atoms with Crippen LogP contribution in [0.1, 0.15) is 18.1 Å². The summed E-state index contributed by atoms with van der Waals surface area (Å²) in [6, 6.07) is 25.6. The van der Waals surface area contributed by atoms with E-state index in [1.54, 1.807) is 12.1 Å². The van der Waals surface area contributed by atoms with Crippen LogP contribution in [0, 0.1) is 0 Å². The molecule has 0 radical (unpaired) electrons. The second-order valence-electron chi connectivity index (χ2n) is 9.10. The normalized spacial score (nSPS) is 16.8. The van der Waals surface area contributed by atoms with Gasteiger partial charge in [-0.15, -0.1) is 0 Å². The van der Waals surface area contributed by atoms with Crippen molar-refractivity contribution in [2.45, 2.75) is 24.8 Å². The lowest BCUT2D eigenvalue weighted by Crippen LogP contribution is -3.13. The average Bonchev–Trinajstić information content (AvgIpc) is 3.15. The van der Waals surface area contributed by atoms with E-state index in [1.165, 1.54) is 32.7 Å². The second-order valence-corrected chi connectivity index (χ2v) is 10.6. The fourth-order valence-electron chi connectivity index (χ4n) is 4.71. The van der Waals surface area contributed by atoms with Crippen molar-refractivity contribution in [3.05, 3.63) is 106 Å². The lowest BCUT2D eigenvalue weighted by atomic mass is 10.1. The van der Waals surface area contributed by atoms with E-state index in [0.717, 1.165) is 44.0 Å². The molecular weight excluding hydrogens is 490 g/mol. The maximum atomic E-state index is 13.8. The van der Waals surface area contributed by atoms with Crippen LogP contribution in [-0.2, 0) is 22.6 Å². The first-order valence-electron chi connectivity index (χ1n) is 12.3. The summed E-state index contributed by atoms with van der Waals surface area (Å²) >= 11 is 7.41. The molecule has 184 valence electrons. The van der Waals surface area contributed by atoms with Gasteiger partial charge in [-0.2, -0.15) is 0 Å². The molecule has 0 bridgehead atoms. The third-order valence-corrected chi connectivity index (χ3v) is 8.07.